The molecule has 1 aromatic heterocycles. The van der Waals surface area contributed by atoms with Gasteiger partial charge in [0.25, 0.3) is 5.91 Å². The average molecular weight is 510 g/mol. The standard InChI is InChI=1S/C31H27NO6/c1-20-4-6-22(7-5-20)30(34)31-29(25-17-23-3-2-14-36-26(23)18-27(25)38-31)21-8-10-24(11-9-21)37-19-28(33)32-12-15-35-16-13-32/h2,4-11,14,17-18H,3,12-13,15-16,19H2,1H3. The number of carbonyl (C=O) groups is 2. The van der Waals surface area contributed by atoms with E-state index >= 15 is 0 Å². The molecule has 0 spiro atoms. The quantitative estimate of drug-likeness (QED) is 0.327. The van der Waals surface area contributed by atoms with Gasteiger partial charge in [0.15, 0.2) is 12.4 Å². The van der Waals surface area contributed by atoms with Gasteiger partial charge in [-0.15, -0.1) is 0 Å². The fraction of sp³-hybridized carbons (Fsp3) is 0.226. The first-order valence-corrected chi connectivity index (χ1v) is 12.7. The van der Waals surface area contributed by atoms with E-state index in [1.807, 2.05) is 73.7 Å². The van der Waals surface area contributed by atoms with E-state index in [-0.39, 0.29) is 24.1 Å². The molecule has 4 aromatic rings. The second kappa shape index (κ2) is 10.2. The molecular weight excluding hydrogens is 482 g/mol. The first-order chi connectivity index (χ1) is 18.6. The molecule has 1 amide bonds. The Morgan fingerprint density at radius 3 is 2.50 bits per heavy atom. The number of amides is 1. The molecule has 0 radical (unpaired) electrons. The Morgan fingerprint density at radius 1 is 0.974 bits per heavy atom. The number of hydrogen-bond donors (Lipinski definition) is 0. The average Bonchev–Trinajstić information content (AvgIpc) is 3.33. The minimum atomic E-state index is -0.190. The summed E-state index contributed by atoms with van der Waals surface area (Å²) in [6.07, 6.45) is 4.36. The van der Waals surface area contributed by atoms with Crippen molar-refractivity contribution in [2.45, 2.75) is 13.3 Å². The number of hydrogen-bond acceptors (Lipinski definition) is 6. The van der Waals surface area contributed by atoms with E-state index in [1.165, 1.54) is 0 Å². The largest absolute Gasteiger partial charge is 0.484 e. The highest BCUT2D eigenvalue weighted by atomic mass is 16.5. The summed E-state index contributed by atoms with van der Waals surface area (Å²) in [5, 5.41) is 0.842. The summed E-state index contributed by atoms with van der Waals surface area (Å²) in [6, 6.07) is 18.7. The molecule has 1 fully saturated rings. The van der Waals surface area contributed by atoms with Crippen LogP contribution in [-0.4, -0.2) is 49.5 Å². The summed E-state index contributed by atoms with van der Waals surface area (Å²) in [5.41, 5.74) is 4.78. The minimum Gasteiger partial charge on any atom is -0.484 e. The highest BCUT2D eigenvalue weighted by molar-refractivity contribution is 6.16. The number of furan rings is 1. The predicted octanol–water partition coefficient (Wildman–Crippen LogP) is 5.33. The second-order valence-corrected chi connectivity index (χ2v) is 9.46. The maximum Gasteiger partial charge on any atom is 0.260 e. The molecule has 2 aliphatic heterocycles. The van der Waals surface area contributed by atoms with Gasteiger partial charge in [0, 0.05) is 35.7 Å². The first-order valence-electron chi connectivity index (χ1n) is 12.7. The molecule has 0 atom stereocenters. The maximum atomic E-state index is 13.6. The highest BCUT2D eigenvalue weighted by Crippen LogP contribution is 2.40. The number of allylic oxidation sites excluding steroid dienone is 1. The van der Waals surface area contributed by atoms with Crippen LogP contribution in [0.5, 0.6) is 11.5 Å². The summed E-state index contributed by atoms with van der Waals surface area (Å²) in [7, 11) is 0. The van der Waals surface area contributed by atoms with Crippen LogP contribution in [0.2, 0.25) is 0 Å². The lowest BCUT2D eigenvalue weighted by atomic mass is 9.96. The molecule has 0 unspecified atom stereocenters. The van der Waals surface area contributed by atoms with Crippen molar-refractivity contribution in [2.24, 2.45) is 0 Å². The Kier molecular flexibility index (Phi) is 6.43. The van der Waals surface area contributed by atoms with Gasteiger partial charge in [0.1, 0.15) is 17.1 Å². The van der Waals surface area contributed by atoms with Gasteiger partial charge in [-0.05, 0) is 48.7 Å². The van der Waals surface area contributed by atoms with Gasteiger partial charge in [-0.1, -0.05) is 42.0 Å². The molecule has 0 saturated carbocycles. The zero-order valence-electron chi connectivity index (χ0n) is 21.1. The van der Waals surface area contributed by atoms with Crippen LogP contribution in [0.4, 0.5) is 0 Å². The van der Waals surface area contributed by atoms with E-state index in [0.717, 1.165) is 39.8 Å². The Bertz CT molecular complexity index is 1530. The number of morpholine rings is 1. The van der Waals surface area contributed by atoms with E-state index in [1.54, 1.807) is 11.2 Å². The molecule has 3 aromatic carbocycles. The maximum absolute atomic E-state index is 13.6. The Balaban J connectivity index is 1.33. The lowest BCUT2D eigenvalue weighted by Gasteiger charge is -2.26. The Morgan fingerprint density at radius 2 is 1.74 bits per heavy atom. The van der Waals surface area contributed by atoms with Crippen LogP contribution in [0.15, 0.2) is 77.4 Å². The number of aryl methyl sites for hydroxylation is 1. The van der Waals surface area contributed by atoms with Crippen LogP contribution < -0.4 is 9.47 Å². The smallest absolute Gasteiger partial charge is 0.260 e. The second-order valence-electron chi connectivity index (χ2n) is 9.46. The third kappa shape index (κ3) is 4.68. The summed E-state index contributed by atoms with van der Waals surface area (Å²) >= 11 is 0. The molecule has 0 aliphatic carbocycles. The van der Waals surface area contributed by atoms with Crippen molar-refractivity contribution in [3.8, 4) is 22.6 Å². The van der Waals surface area contributed by atoms with Crippen molar-refractivity contribution < 1.29 is 28.2 Å². The molecule has 1 saturated heterocycles. The summed E-state index contributed by atoms with van der Waals surface area (Å²) in [5.74, 6) is 1.32. The van der Waals surface area contributed by atoms with E-state index in [9.17, 15) is 9.59 Å². The van der Waals surface area contributed by atoms with Crippen molar-refractivity contribution >= 4 is 22.7 Å². The van der Waals surface area contributed by atoms with Crippen LogP contribution in [0.3, 0.4) is 0 Å². The number of carbonyl (C=O) groups excluding carboxylic acids is 2. The van der Waals surface area contributed by atoms with Crippen LogP contribution >= 0.6 is 0 Å². The SMILES string of the molecule is Cc1ccc(C(=O)c2oc3cc4c(cc3c2-c2ccc(OCC(=O)N3CCOCC3)cc2)CC=CO4)cc1. The van der Waals surface area contributed by atoms with Crippen molar-refractivity contribution in [1.29, 1.82) is 0 Å². The zero-order valence-corrected chi connectivity index (χ0v) is 21.1. The molecule has 38 heavy (non-hydrogen) atoms. The van der Waals surface area contributed by atoms with E-state index in [0.29, 0.717) is 43.2 Å². The third-order valence-corrected chi connectivity index (χ3v) is 6.89. The van der Waals surface area contributed by atoms with Gasteiger partial charge in [-0.25, -0.2) is 0 Å². The number of benzene rings is 3. The number of ether oxygens (including phenoxy) is 3. The van der Waals surface area contributed by atoms with E-state index in [2.05, 4.69) is 0 Å². The van der Waals surface area contributed by atoms with Crippen LogP contribution in [-0.2, 0) is 16.0 Å². The summed E-state index contributed by atoms with van der Waals surface area (Å²) in [6.45, 7) is 4.21. The van der Waals surface area contributed by atoms with Crippen molar-refractivity contribution in [2.75, 3.05) is 32.9 Å². The normalized spacial score (nSPS) is 14.7. The van der Waals surface area contributed by atoms with Gasteiger partial charge in [0.2, 0.25) is 5.78 Å². The Hall–Kier alpha value is -4.36. The van der Waals surface area contributed by atoms with Crippen LogP contribution in [0.25, 0.3) is 22.1 Å². The number of rotatable bonds is 6. The fourth-order valence-corrected chi connectivity index (χ4v) is 4.78. The number of ketones is 1. The van der Waals surface area contributed by atoms with E-state index < -0.39 is 0 Å². The summed E-state index contributed by atoms with van der Waals surface area (Å²) < 4.78 is 22.9. The topological polar surface area (TPSA) is 78.2 Å². The van der Waals surface area contributed by atoms with Crippen LogP contribution in [0.1, 0.15) is 27.2 Å². The molecular formula is C31H27NO6. The van der Waals surface area contributed by atoms with Crippen molar-refractivity contribution in [3.05, 3.63) is 95.5 Å². The molecule has 0 bridgehead atoms. The number of fused-ring (bicyclic) bond motifs is 2. The molecule has 6 rings (SSSR count). The van der Waals surface area contributed by atoms with Gasteiger partial charge >= 0.3 is 0 Å². The van der Waals surface area contributed by atoms with Gasteiger partial charge in [0.05, 0.1) is 19.5 Å². The highest BCUT2D eigenvalue weighted by Gasteiger charge is 2.25. The Labute approximate surface area is 220 Å². The molecule has 192 valence electrons. The third-order valence-electron chi connectivity index (χ3n) is 6.89. The minimum absolute atomic E-state index is 0.0369. The van der Waals surface area contributed by atoms with Gasteiger partial charge in [-0.3, -0.25) is 9.59 Å². The van der Waals surface area contributed by atoms with Gasteiger partial charge in [-0.2, -0.15) is 0 Å². The molecule has 0 N–H and O–H groups in total. The fourth-order valence-electron chi connectivity index (χ4n) is 4.78. The predicted molar refractivity (Wildman–Crippen MR) is 143 cm³/mol. The van der Waals surface area contributed by atoms with Gasteiger partial charge < -0.3 is 23.5 Å². The number of nitrogens with zero attached hydrogens (tertiary/aromatic N) is 1. The lowest BCUT2D eigenvalue weighted by Crippen LogP contribution is -2.42. The van der Waals surface area contributed by atoms with Crippen LogP contribution in [0, 0.1) is 6.92 Å². The summed E-state index contributed by atoms with van der Waals surface area (Å²) in [4.78, 5) is 27.8. The van der Waals surface area contributed by atoms with Crippen molar-refractivity contribution in [3.63, 3.8) is 0 Å². The van der Waals surface area contributed by atoms with Crippen molar-refractivity contribution in [1.82, 2.24) is 4.90 Å². The monoisotopic (exact) mass is 509 g/mol. The molecule has 7 nitrogen and oxygen atoms in total. The molecule has 3 heterocycles. The molecule has 7 heteroatoms. The first kappa shape index (κ1) is 24.0. The lowest BCUT2D eigenvalue weighted by molar-refractivity contribution is -0.137. The van der Waals surface area contributed by atoms with E-state index in [4.69, 9.17) is 18.6 Å². The molecule has 2 aliphatic rings. The zero-order chi connectivity index (χ0) is 26.1.